The van der Waals surface area contributed by atoms with Crippen molar-refractivity contribution in [1.82, 2.24) is 14.4 Å². The molecule has 0 amide bonds. The number of nitrogens with one attached hydrogen (secondary N) is 1. The summed E-state index contributed by atoms with van der Waals surface area (Å²) in [6.07, 6.45) is 1.88. The first-order valence-corrected chi connectivity index (χ1v) is 13.5. The van der Waals surface area contributed by atoms with E-state index in [1.54, 1.807) is 4.40 Å². The summed E-state index contributed by atoms with van der Waals surface area (Å²) in [5.41, 5.74) is 3.03. The monoisotopic (exact) mass is 515 g/mol. The fourth-order valence-electron chi connectivity index (χ4n) is 2.37. The van der Waals surface area contributed by atoms with E-state index in [1.165, 1.54) is 0 Å². The van der Waals surface area contributed by atoms with Crippen molar-refractivity contribution in [3.8, 4) is 0 Å². The number of hydrogen-bond donors (Lipinski definition) is 4. The molecule has 0 unspecified atom stereocenters. The minimum absolute atomic E-state index is 0.155. The first-order valence-electron chi connectivity index (χ1n) is 9.61. The molecule has 34 heavy (non-hydrogen) atoms. The normalized spacial score (nSPS) is 10.4. The quantitative estimate of drug-likeness (QED) is 0.267. The molecule has 0 radical (unpaired) electrons. The Morgan fingerprint density at radius 3 is 1.85 bits per heavy atom. The van der Waals surface area contributed by atoms with Crippen molar-refractivity contribution < 1.29 is 26.7 Å². The minimum Gasteiger partial charge on any atom is -0.481 e. The van der Waals surface area contributed by atoms with E-state index in [0.717, 1.165) is 41.4 Å². The third-order valence-electron chi connectivity index (χ3n) is 3.17. The van der Waals surface area contributed by atoms with Gasteiger partial charge in [-0.15, -0.1) is 0 Å². The summed E-state index contributed by atoms with van der Waals surface area (Å²) in [6.45, 7) is 5.08. The van der Waals surface area contributed by atoms with Crippen LogP contribution in [0.3, 0.4) is 0 Å². The highest BCUT2D eigenvalue weighted by Gasteiger charge is 2.09. The molecule has 0 atom stereocenters. The van der Waals surface area contributed by atoms with Gasteiger partial charge in [0.2, 0.25) is 20.0 Å². The Kier molecular flexibility index (Phi) is 12.1. The van der Waals surface area contributed by atoms with Gasteiger partial charge in [0.25, 0.3) is 5.97 Å². The lowest BCUT2D eigenvalue weighted by molar-refractivity contribution is -0.134. The molecule has 2 aromatic carbocycles. The second-order valence-electron chi connectivity index (χ2n) is 6.41. The molecule has 2 heterocycles. The zero-order chi connectivity index (χ0) is 26.7. The maximum atomic E-state index is 12.1. The van der Waals surface area contributed by atoms with Gasteiger partial charge in [0.05, 0.1) is 29.1 Å². The van der Waals surface area contributed by atoms with Crippen molar-refractivity contribution in [2.75, 3.05) is 12.5 Å². The highest BCUT2D eigenvalue weighted by atomic mass is 32.2. The number of sulfonamides is 2. The molecule has 0 fully saturated rings. The number of para-hydroxylation sites is 3. The third-order valence-corrected chi connectivity index (χ3v) is 3.17. The summed E-state index contributed by atoms with van der Waals surface area (Å²) >= 11 is 0. The van der Waals surface area contributed by atoms with E-state index in [0.29, 0.717) is 5.65 Å². The predicted molar refractivity (Wildman–Crippen MR) is 134 cm³/mol. The summed E-state index contributed by atoms with van der Waals surface area (Å²) in [5, 5.41) is 17.0. The van der Waals surface area contributed by atoms with E-state index in [2.05, 4.69) is 20.2 Å². The number of primary sulfonamides is 2. The van der Waals surface area contributed by atoms with Crippen LogP contribution < -0.4 is 16.0 Å². The zero-order valence-electron chi connectivity index (χ0n) is 19.4. The Labute approximate surface area is 197 Å². The molecule has 188 valence electrons. The van der Waals surface area contributed by atoms with Gasteiger partial charge >= 0.3 is 5.69 Å². The number of aromatic amines is 1. The number of aliphatic carboxylic acids is 1. The second-order valence-corrected chi connectivity index (χ2v) is 9.73. The number of carbonyl (C=O) groups is 1. The van der Waals surface area contributed by atoms with Gasteiger partial charge in [0.15, 0.2) is 5.65 Å². The number of benzene rings is 2. The maximum Gasteiger partial charge on any atom is 0.332 e. The largest absolute Gasteiger partial charge is 0.481 e. The average molecular weight is 516 g/mol. The van der Waals surface area contributed by atoms with Crippen molar-refractivity contribution in [1.29, 1.82) is 0 Å². The van der Waals surface area contributed by atoms with Gasteiger partial charge in [0.1, 0.15) is 0 Å². The third kappa shape index (κ3) is 12.1. The summed E-state index contributed by atoms with van der Waals surface area (Å²) < 4.78 is 39.3. The van der Waals surface area contributed by atoms with Crippen LogP contribution in [0.15, 0.2) is 53.3 Å². The number of nitrogens with two attached hydrogens (primary N) is 2. The Balaban J connectivity index is 0.000000567. The van der Waals surface area contributed by atoms with E-state index in [1.807, 2.05) is 62.4 Å². The molecule has 4 rings (SSSR count). The predicted octanol–water partition coefficient (Wildman–Crippen LogP) is 1.26. The smallest absolute Gasteiger partial charge is 0.332 e. The SMILES string of the molecule is CC.CC(=O)O.CS(N)(=O)=O.CS(N)(=O)=O.O=c1[nH]c2ccccc2c2nc3ccccc3n12. The Morgan fingerprint density at radius 1 is 0.941 bits per heavy atom. The summed E-state index contributed by atoms with van der Waals surface area (Å²) in [7, 11) is -6.33. The van der Waals surface area contributed by atoms with Crippen molar-refractivity contribution in [3.63, 3.8) is 0 Å². The van der Waals surface area contributed by atoms with Gasteiger partial charge in [-0.1, -0.05) is 38.1 Å². The van der Waals surface area contributed by atoms with Gasteiger partial charge in [-0.25, -0.2) is 41.3 Å². The zero-order valence-corrected chi connectivity index (χ0v) is 21.0. The van der Waals surface area contributed by atoms with Crippen LogP contribution in [0.1, 0.15) is 20.8 Å². The van der Waals surface area contributed by atoms with Crippen LogP contribution in [-0.4, -0.2) is 54.8 Å². The number of hydrogen-bond acceptors (Lipinski definition) is 7. The van der Waals surface area contributed by atoms with Gasteiger partial charge in [-0.2, -0.15) is 0 Å². The van der Waals surface area contributed by atoms with Crippen LogP contribution >= 0.6 is 0 Å². The van der Waals surface area contributed by atoms with Crippen molar-refractivity contribution in [2.45, 2.75) is 20.8 Å². The molecule has 0 aliphatic rings. The standard InChI is InChI=1S/C14H9N3O.C2H4O2.C2H6.2CH5NO2S/c18-14-16-10-6-2-1-5-9(10)13-15-11-7-3-4-8-12(11)17(13)14;1-2(3)4;1-2;2*1-5(2,3)4/h1-8H,(H,16,18);1H3,(H,3,4);1-2H3;2*1H3,(H2,2,3,4). The first-order chi connectivity index (χ1) is 15.6. The van der Waals surface area contributed by atoms with Crippen molar-refractivity contribution in [3.05, 3.63) is 59.0 Å². The maximum absolute atomic E-state index is 12.1. The van der Waals surface area contributed by atoms with E-state index < -0.39 is 26.0 Å². The van der Waals surface area contributed by atoms with Crippen LogP contribution in [0.2, 0.25) is 0 Å². The number of H-pyrrole nitrogens is 1. The van der Waals surface area contributed by atoms with Crippen LogP contribution in [0.25, 0.3) is 27.6 Å². The summed E-state index contributed by atoms with van der Waals surface area (Å²) in [5.74, 6) is -0.833. The number of fused-ring (bicyclic) bond motifs is 5. The molecule has 0 aliphatic heterocycles. The lowest BCUT2D eigenvalue weighted by Crippen LogP contribution is -2.15. The van der Waals surface area contributed by atoms with Crippen LogP contribution in [0.5, 0.6) is 0 Å². The first kappa shape index (κ1) is 30.7. The number of imidazole rings is 1. The highest BCUT2D eigenvalue weighted by Crippen LogP contribution is 2.20. The topological polar surface area (TPSA) is 208 Å². The van der Waals surface area contributed by atoms with Crippen molar-refractivity contribution >= 4 is 53.6 Å². The number of rotatable bonds is 0. The van der Waals surface area contributed by atoms with E-state index in [-0.39, 0.29) is 5.69 Å². The molecule has 4 aromatic rings. The average Bonchev–Trinajstić information content (AvgIpc) is 3.07. The van der Waals surface area contributed by atoms with Crippen LogP contribution in [0.4, 0.5) is 0 Å². The Hall–Kier alpha value is -3.33. The fraction of sp³-hybridized carbons (Fsp3) is 0.250. The number of nitrogens with zero attached hydrogens (tertiary/aromatic N) is 2. The molecular weight excluding hydrogens is 486 g/mol. The number of carboxylic acids is 1. The molecular formula is C20H29N5O7S2. The Bertz CT molecular complexity index is 1460. The van der Waals surface area contributed by atoms with Crippen molar-refractivity contribution in [2.24, 2.45) is 10.3 Å². The number of carboxylic acid groups (broad SMARTS) is 1. The van der Waals surface area contributed by atoms with Gasteiger partial charge < -0.3 is 10.1 Å². The van der Waals surface area contributed by atoms with E-state index >= 15 is 0 Å². The molecule has 0 spiro atoms. The van der Waals surface area contributed by atoms with Gasteiger partial charge in [-0.05, 0) is 24.3 Å². The second kappa shape index (κ2) is 13.4. The van der Waals surface area contributed by atoms with Crippen LogP contribution in [-0.2, 0) is 24.8 Å². The molecule has 0 bridgehead atoms. The van der Waals surface area contributed by atoms with E-state index in [9.17, 15) is 21.6 Å². The van der Waals surface area contributed by atoms with Gasteiger partial charge in [-0.3, -0.25) is 4.79 Å². The highest BCUT2D eigenvalue weighted by molar-refractivity contribution is 7.88. The summed E-state index contributed by atoms with van der Waals surface area (Å²) in [6, 6.07) is 15.3. The fourth-order valence-corrected chi connectivity index (χ4v) is 2.37. The molecule has 2 aromatic heterocycles. The molecule has 14 heteroatoms. The minimum atomic E-state index is -3.17. The molecule has 0 aliphatic carbocycles. The summed E-state index contributed by atoms with van der Waals surface area (Å²) in [4.78, 5) is 28.6. The lowest BCUT2D eigenvalue weighted by Gasteiger charge is -1.99. The molecule has 0 saturated carbocycles. The van der Waals surface area contributed by atoms with Gasteiger partial charge in [0, 0.05) is 12.3 Å². The molecule has 6 N–H and O–H groups in total. The lowest BCUT2D eigenvalue weighted by atomic mass is 10.2. The Morgan fingerprint density at radius 2 is 1.35 bits per heavy atom. The van der Waals surface area contributed by atoms with E-state index in [4.69, 9.17) is 9.90 Å². The molecule has 12 nitrogen and oxygen atoms in total. The van der Waals surface area contributed by atoms with Crippen LogP contribution in [0, 0.1) is 0 Å². The number of aromatic nitrogens is 3. The molecule has 0 saturated heterocycles.